The Balaban J connectivity index is 1.46. The minimum atomic E-state index is -0.641. The van der Waals surface area contributed by atoms with Gasteiger partial charge >= 0.3 is 11.4 Å². The molecule has 0 saturated heterocycles. The number of rotatable bonds is 15. The highest BCUT2D eigenvalue weighted by molar-refractivity contribution is 6.44. The monoisotopic (exact) mass is 815 g/mol. The number of benzene rings is 6. The van der Waals surface area contributed by atoms with E-state index in [1.54, 1.807) is 54.6 Å². The van der Waals surface area contributed by atoms with E-state index in [1.807, 2.05) is 12.1 Å². The van der Waals surface area contributed by atoms with Gasteiger partial charge in [-0.15, -0.1) is 0 Å². The van der Waals surface area contributed by atoms with E-state index < -0.39 is 22.5 Å². The fourth-order valence-corrected chi connectivity index (χ4v) is 10.7. The van der Waals surface area contributed by atoms with Crippen molar-refractivity contribution in [2.75, 3.05) is 0 Å². The lowest BCUT2D eigenvalue weighted by Crippen LogP contribution is -2.37. The molecule has 6 aromatic carbocycles. The van der Waals surface area contributed by atoms with Crippen molar-refractivity contribution in [2.45, 2.75) is 117 Å². The van der Waals surface area contributed by atoms with Crippen LogP contribution in [0.25, 0.3) is 81.4 Å². The Morgan fingerprint density at radius 1 is 0.410 bits per heavy atom. The standard InChI is InChI=1S/C50H49N5O6/c1-5-9-16-28(17-10-6-2)51-45(56)33-24-22-31-32-23-25-34-40-36(48(59)52(46(34)57)29(18-11-7-3)19-12-8-4)27-38-44(42(32)40)43-37(26-35(47(51)58)39(33)41(31)43)54-49(60)53(50(61)55(38)54)30-20-14-13-15-21-30/h13-15,20-29H,5-12,16-19H2,1-4H3. The van der Waals surface area contributed by atoms with E-state index in [9.17, 15) is 19.2 Å². The summed E-state index contributed by atoms with van der Waals surface area (Å²) in [5.41, 5.74) is -1.78. The van der Waals surface area contributed by atoms with Crippen LogP contribution < -0.4 is 33.6 Å². The number of unbranched alkanes of at least 4 members (excludes halogenated alkanes) is 4. The molecule has 310 valence electrons. The van der Waals surface area contributed by atoms with Crippen molar-refractivity contribution in [3.05, 3.63) is 129 Å². The lowest BCUT2D eigenvalue weighted by atomic mass is 9.84. The van der Waals surface area contributed by atoms with Gasteiger partial charge in [0.1, 0.15) is 0 Å². The SMILES string of the molecule is CCCCC(CCCC)n1c(=O)c2ccc3c4ccc5c(=O)n(C(CCCC)CCCC)c(=O)c6cc7c(c4c56)c4c3c2c(cc4n2c(=O)n(-c3ccccc3)c(=O)n72)c1=O. The first-order valence-corrected chi connectivity index (χ1v) is 22.2. The van der Waals surface area contributed by atoms with E-state index in [0.717, 1.165) is 66.7 Å². The van der Waals surface area contributed by atoms with Crippen molar-refractivity contribution < 1.29 is 0 Å². The molecule has 0 unspecified atom stereocenters. The second-order valence-electron chi connectivity index (χ2n) is 17.2. The molecule has 0 atom stereocenters. The molecular formula is C50H49N5O6. The molecule has 61 heavy (non-hydrogen) atoms. The summed E-state index contributed by atoms with van der Waals surface area (Å²) in [6.45, 7) is 8.38. The van der Waals surface area contributed by atoms with Gasteiger partial charge in [-0.1, -0.05) is 109 Å². The van der Waals surface area contributed by atoms with Gasteiger partial charge in [0.05, 0.1) is 27.5 Å². The van der Waals surface area contributed by atoms with Gasteiger partial charge in [-0.2, -0.15) is 9.03 Å². The van der Waals surface area contributed by atoms with Crippen molar-refractivity contribution in [1.82, 2.24) is 22.7 Å². The van der Waals surface area contributed by atoms with Crippen LogP contribution >= 0.6 is 0 Å². The smallest absolute Gasteiger partial charge is 0.271 e. The summed E-state index contributed by atoms with van der Waals surface area (Å²) in [6, 6.07) is 18.9. The van der Waals surface area contributed by atoms with E-state index in [0.29, 0.717) is 96.3 Å². The number of para-hydroxylation sites is 1. The molecule has 4 aromatic heterocycles. The third-order valence-electron chi connectivity index (χ3n) is 13.6. The normalized spacial score (nSPS) is 12.8. The molecule has 0 fully saturated rings. The zero-order chi connectivity index (χ0) is 42.4. The molecule has 11 nitrogen and oxygen atoms in total. The van der Waals surface area contributed by atoms with Crippen molar-refractivity contribution >= 4 is 75.7 Å². The largest absolute Gasteiger partial charge is 0.356 e. The highest BCUT2D eigenvalue weighted by Crippen LogP contribution is 2.47. The number of hydrogen-bond donors (Lipinski definition) is 0. The molecule has 0 aliphatic rings. The summed E-state index contributed by atoms with van der Waals surface area (Å²) >= 11 is 0. The number of aromatic nitrogens is 5. The first kappa shape index (κ1) is 38.8. The summed E-state index contributed by atoms with van der Waals surface area (Å²) in [4.78, 5) is 89.3. The first-order valence-electron chi connectivity index (χ1n) is 22.2. The maximum Gasteiger partial charge on any atom is 0.356 e. The van der Waals surface area contributed by atoms with Crippen LogP contribution in [-0.2, 0) is 0 Å². The molecule has 0 radical (unpaired) electrons. The molecule has 4 heterocycles. The van der Waals surface area contributed by atoms with Crippen molar-refractivity contribution in [2.24, 2.45) is 0 Å². The van der Waals surface area contributed by atoms with E-state index in [1.165, 1.54) is 18.2 Å². The topological polar surface area (TPSA) is 126 Å². The van der Waals surface area contributed by atoms with Crippen molar-refractivity contribution in [3.8, 4) is 5.69 Å². The highest BCUT2D eigenvalue weighted by atomic mass is 16.2. The third-order valence-corrected chi connectivity index (χ3v) is 13.6. The van der Waals surface area contributed by atoms with E-state index >= 15 is 9.59 Å². The van der Waals surface area contributed by atoms with Gasteiger partial charge < -0.3 is 0 Å². The Labute approximate surface area is 349 Å². The minimum absolute atomic E-state index is 0.297. The Morgan fingerprint density at radius 2 is 0.770 bits per heavy atom. The quantitative estimate of drug-likeness (QED) is 0.0751. The maximum absolute atomic E-state index is 15.0. The highest BCUT2D eigenvalue weighted by Gasteiger charge is 2.31. The predicted molar refractivity (Wildman–Crippen MR) is 247 cm³/mol. The molecule has 10 aromatic rings. The minimum Gasteiger partial charge on any atom is -0.271 e. The summed E-state index contributed by atoms with van der Waals surface area (Å²) in [6.07, 6.45) is 9.87. The van der Waals surface area contributed by atoms with Crippen LogP contribution in [0.5, 0.6) is 0 Å². The van der Waals surface area contributed by atoms with E-state index in [4.69, 9.17) is 0 Å². The van der Waals surface area contributed by atoms with Crippen LogP contribution in [0.2, 0.25) is 0 Å². The molecule has 0 aliphatic carbocycles. The lowest BCUT2D eigenvalue weighted by Gasteiger charge is -2.24. The van der Waals surface area contributed by atoms with Crippen LogP contribution in [0.3, 0.4) is 0 Å². The molecule has 0 spiro atoms. The Hall–Kier alpha value is -6.36. The zero-order valence-electron chi connectivity index (χ0n) is 35.2. The maximum atomic E-state index is 15.0. The van der Waals surface area contributed by atoms with Crippen LogP contribution in [0.1, 0.15) is 117 Å². The fraction of sp³-hybridized carbons (Fsp3) is 0.360. The molecule has 0 bridgehead atoms. The molecule has 0 N–H and O–H groups in total. The summed E-state index contributed by atoms with van der Waals surface area (Å²) in [7, 11) is 0. The Morgan fingerprint density at radius 3 is 1.15 bits per heavy atom. The average molecular weight is 816 g/mol. The third kappa shape index (κ3) is 5.34. The van der Waals surface area contributed by atoms with Crippen molar-refractivity contribution in [1.29, 1.82) is 0 Å². The van der Waals surface area contributed by atoms with Gasteiger partial charge in [0.15, 0.2) is 0 Å². The fourth-order valence-electron chi connectivity index (χ4n) is 10.7. The van der Waals surface area contributed by atoms with Crippen LogP contribution in [0.15, 0.2) is 95.5 Å². The predicted octanol–water partition coefficient (Wildman–Crippen LogP) is 9.26. The van der Waals surface area contributed by atoms with E-state index in [-0.39, 0.29) is 23.2 Å². The Bertz CT molecular complexity index is 3450. The van der Waals surface area contributed by atoms with E-state index in [2.05, 4.69) is 27.7 Å². The number of hydrogen-bond acceptors (Lipinski definition) is 6. The Kier molecular flexibility index (Phi) is 9.34. The number of fused-ring (bicyclic) bond motifs is 4. The van der Waals surface area contributed by atoms with Crippen molar-refractivity contribution in [3.63, 3.8) is 0 Å². The van der Waals surface area contributed by atoms with Crippen LogP contribution in [0, 0.1) is 0 Å². The second-order valence-corrected chi connectivity index (χ2v) is 17.2. The second kappa shape index (κ2) is 14.7. The number of pyridine rings is 2. The zero-order valence-corrected chi connectivity index (χ0v) is 35.2. The first-order chi connectivity index (χ1) is 29.7. The summed E-state index contributed by atoms with van der Waals surface area (Å²) in [5, 5.41) is 6.32. The van der Waals surface area contributed by atoms with Gasteiger partial charge in [-0.25, -0.2) is 14.2 Å². The summed E-state index contributed by atoms with van der Waals surface area (Å²) < 4.78 is 6.65. The lowest BCUT2D eigenvalue weighted by molar-refractivity contribution is 0.394. The average Bonchev–Trinajstić information content (AvgIpc) is 3.54. The van der Waals surface area contributed by atoms with Crippen LogP contribution in [-0.4, -0.2) is 22.7 Å². The van der Waals surface area contributed by atoms with Crippen LogP contribution in [0.4, 0.5) is 0 Å². The van der Waals surface area contributed by atoms with Gasteiger partial charge in [0, 0.05) is 55.2 Å². The molecule has 11 heteroatoms. The molecule has 10 rings (SSSR count). The van der Waals surface area contributed by atoms with Gasteiger partial charge in [-0.3, -0.25) is 28.3 Å². The van der Waals surface area contributed by atoms with Gasteiger partial charge in [-0.05, 0) is 72.9 Å². The summed E-state index contributed by atoms with van der Waals surface area (Å²) in [5.74, 6) is 0. The number of nitrogens with zero attached hydrogens (tertiary/aromatic N) is 5. The molecule has 0 aliphatic heterocycles. The molecular weight excluding hydrogens is 767 g/mol. The molecule has 0 saturated carbocycles. The molecule has 0 amide bonds. The van der Waals surface area contributed by atoms with Gasteiger partial charge in [0.25, 0.3) is 22.2 Å². The van der Waals surface area contributed by atoms with Gasteiger partial charge in [0.2, 0.25) is 0 Å².